The lowest BCUT2D eigenvalue weighted by Crippen LogP contribution is -2.30. The molecule has 0 radical (unpaired) electrons. The van der Waals surface area contributed by atoms with Crippen LogP contribution in [-0.2, 0) is 65.4 Å². The molecule has 3 N–H and O–H groups in total. The maximum atomic E-state index is 13.1. The number of rotatable bonds is 78. The Morgan fingerprint density at radius 3 is 0.824 bits per heavy atom. The van der Waals surface area contributed by atoms with Crippen LogP contribution < -0.4 is 0 Å². The summed E-state index contributed by atoms with van der Waals surface area (Å²) in [6.45, 7) is 4.60. The molecule has 5 atom stereocenters. The van der Waals surface area contributed by atoms with Crippen molar-refractivity contribution in [3.63, 3.8) is 0 Å². The first-order chi connectivity index (χ1) is 52.7. The number of aliphatic hydroxyl groups is 1. The van der Waals surface area contributed by atoms with Crippen molar-refractivity contribution in [1.29, 1.82) is 0 Å². The Morgan fingerprint density at radius 2 is 0.500 bits per heavy atom. The van der Waals surface area contributed by atoms with Crippen molar-refractivity contribution < 1.29 is 80.2 Å². The Labute approximate surface area is 656 Å². The zero-order chi connectivity index (χ0) is 78.9. The molecule has 0 aliphatic rings. The van der Waals surface area contributed by atoms with Crippen LogP contribution in [0.4, 0.5) is 0 Å². The zero-order valence-electron chi connectivity index (χ0n) is 67.7. The van der Waals surface area contributed by atoms with Crippen LogP contribution in [0.2, 0.25) is 0 Å². The van der Waals surface area contributed by atoms with Gasteiger partial charge in [-0.15, -0.1) is 0 Å². The third-order valence-corrected chi connectivity index (χ3v) is 19.2. The fraction of sp³-hybridized carbons (Fsp3) is 0.685. The van der Waals surface area contributed by atoms with Crippen molar-refractivity contribution in [1.82, 2.24) is 0 Å². The second-order valence-corrected chi connectivity index (χ2v) is 30.6. The minimum atomic E-state index is -5.01. The largest absolute Gasteiger partial charge is 0.472 e. The predicted molar refractivity (Wildman–Crippen MR) is 445 cm³/mol. The molecule has 0 bridgehead atoms. The number of aliphatic hydroxyl groups excluding tert-OH is 1. The van der Waals surface area contributed by atoms with E-state index in [1.54, 1.807) is 0 Å². The van der Waals surface area contributed by atoms with Crippen LogP contribution in [0.15, 0.2) is 146 Å². The van der Waals surface area contributed by atoms with Gasteiger partial charge in [-0.1, -0.05) is 315 Å². The van der Waals surface area contributed by atoms with Crippen molar-refractivity contribution in [3.05, 3.63) is 146 Å². The van der Waals surface area contributed by atoms with E-state index in [9.17, 15) is 43.2 Å². The molecule has 0 aliphatic heterocycles. The number of phosphoric acid groups is 2. The lowest BCUT2D eigenvalue weighted by Gasteiger charge is -2.21. The maximum Gasteiger partial charge on any atom is 0.472 e. The van der Waals surface area contributed by atoms with Gasteiger partial charge in [0, 0.05) is 25.7 Å². The van der Waals surface area contributed by atoms with Crippen molar-refractivity contribution in [2.24, 2.45) is 0 Å². The number of ether oxygens (including phenoxy) is 4. The average molecular weight is 1550 g/mol. The summed E-state index contributed by atoms with van der Waals surface area (Å²) in [6.07, 6.45) is 92.6. The highest BCUT2D eigenvalue weighted by atomic mass is 31.2. The molecule has 0 heterocycles. The van der Waals surface area contributed by atoms with E-state index in [-0.39, 0.29) is 25.7 Å². The molecule has 0 aromatic carbocycles. The fourth-order valence-corrected chi connectivity index (χ4v) is 12.5. The average Bonchev–Trinajstić information content (AvgIpc) is 0.907. The molecule has 0 rings (SSSR count). The van der Waals surface area contributed by atoms with Gasteiger partial charge in [0.2, 0.25) is 0 Å². The summed E-state index contributed by atoms with van der Waals surface area (Å²) in [4.78, 5) is 73.2. The molecule has 0 amide bonds. The van der Waals surface area contributed by atoms with Gasteiger partial charge in [0.25, 0.3) is 0 Å². The molecule has 17 nitrogen and oxygen atoms in total. The van der Waals surface area contributed by atoms with Crippen molar-refractivity contribution >= 4 is 39.5 Å². The standard InChI is InChI=1S/C89H150O17P2/c1-5-9-13-17-21-25-29-33-37-39-41-43-47-51-55-59-63-67-71-75-88(93)105-84(79-99-86(91)73-69-65-61-57-53-49-45-35-31-27-23-19-15-11-7-3)81-103-107(95,96)101-77-83(90)78-102-108(97,98)104-82-85(80-100-87(92)74-70-66-62-58-54-50-46-36-32-28-24-20-16-12-8-4)106-89(94)76-72-68-64-60-56-52-48-44-42-40-38-34-30-26-22-18-14-10-6-2/h9,13,21-22,24-26,28,33-34,36-38,41-44,46,51-52,55-56,64,68,83-85,90H,5-8,10-12,14-20,23,27,29-32,35,39-40,45,47-50,53-54,57-63,65-67,69-82H2,1-4H3,(H,95,96)(H,97,98)/b13-9-,25-21-,26-22-,28-24-,37-33-,38-34-,43-41-,44-42-,46-36-,55-51-,56-52-,68-64-/t83-,84+,85+/m0/s1. The quantitative estimate of drug-likeness (QED) is 0.0169. The molecule has 0 aromatic heterocycles. The summed E-state index contributed by atoms with van der Waals surface area (Å²) in [5.74, 6) is -2.32. The third kappa shape index (κ3) is 79.0. The van der Waals surface area contributed by atoms with Gasteiger partial charge in [-0.2, -0.15) is 0 Å². The van der Waals surface area contributed by atoms with E-state index in [1.807, 2.05) is 18.2 Å². The number of phosphoric ester groups is 2. The number of allylic oxidation sites excluding steroid dienone is 24. The van der Waals surface area contributed by atoms with Crippen molar-refractivity contribution in [2.75, 3.05) is 39.6 Å². The molecule has 0 aliphatic carbocycles. The molecule has 0 spiro atoms. The predicted octanol–water partition coefficient (Wildman–Crippen LogP) is 25.0. The highest BCUT2D eigenvalue weighted by Crippen LogP contribution is 2.45. The number of esters is 4. The zero-order valence-corrected chi connectivity index (χ0v) is 69.5. The third-order valence-electron chi connectivity index (χ3n) is 17.3. The van der Waals surface area contributed by atoms with Gasteiger partial charge in [-0.05, 0) is 141 Å². The molecule has 0 saturated heterocycles. The molecule has 618 valence electrons. The molecule has 2 unspecified atom stereocenters. The van der Waals surface area contributed by atoms with Gasteiger partial charge in [-0.3, -0.25) is 37.3 Å². The van der Waals surface area contributed by atoms with Crippen LogP contribution in [-0.4, -0.2) is 96.7 Å². The second kappa shape index (κ2) is 80.0. The smallest absolute Gasteiger partial charge is 0.462 e. The number of carbonyl (C=O) groups excluding carboxylic acids is 4. The summed E-state index contributed by atoms with van der Waals surface area (Å²) in [5, 5.41) is 10.7. The van der Waals surface area contributed by atoms with E-state index in [0.717, 1.165) is 141 Å². The van der Waals surface area contributed by atoms with E-state index in [2.05, 4.69) is 155 Å². The highest BCUT2D eigenvalue weighted by Gasteiger charge is 2.30. The lowest BCUT2D eigenvalue weighted by molar-refractivity contribution is -0.161. The summed E-state index contributed by atoms with van der Waals surface area (Å²) in [5.41, 5.74) is 0. The summed E-state index contributed by atoms with van der Waals surface area (Å²) < 4.78 is 68.6. The molecule has 0 saturated carbocycles. The Bertz CT molecular complexity index is 2610. The Morgan fingerprint density at radius 1 is 0.269 bits per heavy atom. The molecular weight excluding hydrogens is 1400 g/mol. The SMILES string of the molecule is CC/C=C\C/C=C\C/C=C\C/C=C\C/C=C\CCCCCC(=O)O[C@H](COC(=O)CCCCCCCCCCCCCCCCC)COP(=O)(O)OC[C@H](O)COP(=O)(O)OC[C@@H](COC(=O)CCCCCCC/C=C\C/C=C\CCCCC)OC(=O)CC/C=C\C/C=C\C/C=C\C/C=C\C/C=C\CCCCC. The monoisotopic (exact) mass is 1550 g/mol. The minimum absolute atomic E-state index is 0.0355. The van der Waals surface area contributed by atoms with Crippen molar-refractivity contribution in [2.45, 2.75) is 354 Å². The van der Waals surface area contributed by atoms with Crippen LogP contribution >= 0.6 is 15.6 Å². The topological polar surface area (TPSA) is 237 Å². The van der Waals surface area contributed by atoms with Gasteiger partial charge >= 0.3 is 39.5 Å². The van der Waals surface area contributed by atoms with Crippen LogP contribution in [0.5, 0.6) is 0 Å². The Balaban J connectivity index is 5.49. The number of hydrogen-bond acceptors (Lipinski definition) is 15. The Kier molecular flexibility index (Phi) is 76.3. The van der Waals surface area contributed by atoms with Crippen molar-refractivity contribution in [3.8, 4) is 0 Å². The molecular formula is C89H150O17P2. The summed E-state index contributed by atoms with van der Waals surface area (Å²) >= 11 is 0. The van der Waals surface area contributed by atoms with Crippen LogP contribution in [0, 0.1) is 0 Å². The number of carbonyl (C=O) groups is 4. The van der Waals surface area contributed by atoms with Gasteiger partial charge < -0.3 is 33.8 Å². The number of unbranched alkanes of at least 4 members (excludes halogenated alkanes) is 28. The Hall–Kier alpha value is -5.06. The van der Waals surface area contributed by atoms with E-state index < -0.39 is 97.5 Å². The van der Waals surface area contributed by atoms with E-state index >= 15 is 0 Å². The van der Waals surface area contributed by atoms with E-state index in [4.69, 9.17) is 37.0 Å². The highest BCUT2D eigenvalue weighted by molar-refractivity contribution is 7.47. The van der Waals surface area contributed by atoms with Gasteiger partial charge in [-0.25, -0.2) is 9.13 Å². The summed E-state index contributed by atoms with van der Waals surface area (Å²) in [6, 6.07) is 0. The summed E-state index contributed by atoms with van der Waals surface area (Å²) in [7, 11) is -10.0. The molecule has 0 fully saturated rings. The van der Waals surface area contributed by atoms with Crippen LogP contribution in [0.3, 0.4) is 0 Å². The minimum Gasteiger partial charge on any atom is -0.462 e. The molecule has 0 aromatic rings. The first-order valence-electron chi connectivity index (χ1n) is 42.1. The van der Waals surface area contributed by atoms with Gasteiger partial charge in [0.05, 0.1) is 26.4 Å². The van der Waals surface area contributed by atoms with Crippen LogP contribution in [0.25, 0.3) is 0 Å². The van der Waals surface area contributed by atoms with E-state index in [0.29, 0.717) is 32.1 Å². The van der Waals surface area contributed by atoms with E-state index in [1.165, 1.54) is 109 Å². The first kappa shape index (κ1) is 103. The molecule has 108 heavy (non-hydrogen) atoms. The molecule has 19 heteroatoms. The lowest BCUT2D eigenvalue weighted by atomic mass is 10.0. The maximum absolute atomic E-state index is 13.1. The number of hydrogen-bond donors (Lipinski definition) is 3. The van der Waals surface area contributed by atoms with Gasteiger partial charge in [0.15, 0.2) is 12.2 Å². The van der Waals surface area contributed by atoms with Gasteiger partial charge in [0.1, 0.15) is 19.3 Å². The second-order valence-electron chi connectivity index (χ2n) is 27.7. The first-order valence-corrected chi connectivity index (χ1v) is 45.1. The van der Waals surface area contributed by atoms with Crippen LogP contribution in [0.1, 0.15) is 336 Å². The fourth-order valence-electron chi connectivity index (χ4n) is 10.9. The normalized spacial score (nSPS) is 14.5.